The van der Waals surface area contributed by atoms with E-state index < -0.39 is 11.9 Å². The summed E-state index contributed by atoms with van der Waals surface area (Å²) in [5.41, 5.74) is 2.11. The van der Waals surface area contributed by atoms with Gasteiger partial charge in [0.2, 0.25) is 0 Å². The molecular weight excluding hydrogens is 264 g/mol. The molecule has 0 spiro atoms. The lowest BCUT2D eigenvalue weighted by atomic mass is 9.78. The summed E-state index contributed by atoms with van der Waals surface area (Å²) in [5.74, 6) is -0.215. The van der Waals surface area contributed by atoms with Gasteiger partial charge in [-0.05, 0) is 29.9 Å². The number of hydrogen-bond donors (Lipinski definition) is 1. The fourth-order valence-electron chi connectivity index (χ4n) is 3.00. The van der Waals surface area contributed by atoms with Gasteiger partial charge in [0, 0.05) is 5.56 Å². The van der Waals surface area contributed by atoms with Crippen molar-refractivity contribution in [3.05, 3.63) is 29.3 Å². The van der Waals surface area contributed by atoms with Crippen LogP contribution in [-0.2, 0) is 10.2 Å². The number of carbonyl (C=O) groups is 1. The highest BCUT2D eigenvalue weighted by atomic mass is 16.5. The van der Waals surface area contributed by atoms with Gasteiger partial charge in [0.15, 0.2) is 0 Å². The van der Waals surface area contributed by atoms with Crippen molar-refractivity contribution in [2.24, 2.45) is 0 Å². The second-order valence-corrected chi connectivity index (χ2v) is 6.62. The summed E-state index contributed by atoms with van der Waals surface area (Å²) in [7, 11) is 0. The smallest absolute Gasteiger partial charge is 0.310 e. The SMILES string of the molecule is CCCCC[C@@H](C(=O)O)c1ccc2c(c1)C(C)(C)CCO2. The van der Waals surface area contributed by atoms with Crippen LogP contribution in [0.2, 0.25) is 0 Å². The number of aliphatic carboxylic acids is 1. The zero-order valence-electron chi connectivity index (χ0n) is 13.3. The summed E-state index contributed by atoms with van der Waals surface area (Å²) >= 11 is 0. The lowest BCUT2D eigenvalue weighted by Gasteiger charge is -2.33. The van der Waals surface area contributed by atoms with E-state index in [1.54, 1.807) is 0 Å². The molecule has 0 bridgehead atoms. The molecule has 1 aliphatic rings. The summed E-state index contributed by atoms with van der Waals surface area (Å²) in [6, 6.07) is 5.92. The first-order chi connectivity index (χ1) is 9.95. The van der Waals surface area contributed by atoms with E-state index in [1.807, 2.05) is 12.1 Å². The number of fused-ring (bicyclic) bond motifs is 1. The Labute approximate surface area is 127 Å². The van der Waals surface area contributed by atoms with E-state index in [0.717, 1.165) is 49.2 Å². The minimum atomic E-state index is -0.722. The molecule has 2 rings (SSSR count). The highest BCUT2D eigenvalue weighted by Crippen LogP contribution is 2.40. The lowest BCUT2D eigenvalue weighted by molar-refractivity contribution is -0.139. The molecule has 0 saturated heterocycles. The van der Waals surface area contributed by atoms with Crippen LogP contribution >= 0.6 is 0 Å². The summed E-state index contributed by atoms with van der Waals surface area (Å²) in [6.45, 7) is 7.27. The molecule has 1 atom stereocenters. The van der Waals surface area contributed by atoms with Gasteiger partial charge in [0.1, 0.15) is 5.75 Å². The van der Waals surface area contributed by atoms with Crippen molar-refractivity contribution in [2.75, 3.05) is 6.61 Å². The lowest BCUT2D eigenvalue weighted by Crippen LogP contribution is -2.27. The molecule has 1 N–H and O–H groups in total. The van der Waals surface area contributed by atoms with Gasteiger partial charge < -0.3 is 9.84 Å². The number of carboxylic acid groups (broad SMARTS) is 1. The van der Waals surface area contributed by atoms with Gasteiger partial charge in [0.25, 0.3) is 0 Å². The molecule has 1 aromatic carbocycles. The molecule has 0 unspecified atom stereocenters. The molecule has 3 nitrogen and oxygen atoms in total. The molecular formula is C18H26O3. The Morgan fingerprint density at radius 3 is 2.81 bits per heavy atom. The summed E-state index contributed by atoms with van der Waals surface area (Å²) in [6.07, 6.45) is 4.84. The van der Waals surface area contributed by atoms with Gasteiger partial charge >= 0.3 is 5.97 Å². The minimum Gasteiger partial charge on any atom is -0.493 e. The minimum absolute atomic E-state index is 0.0517. The molecule has 0 radical (unpaired) electrons. The molecule has 1 heterocycles. The van der Waals surface area contributed by atoms with E-state index in [1.165, 1.54) is 0 Å². The third-order valence-electron chi connectivity index (χ3n) is 4.51. The first-order valence-corrected chi connectivity index (χ1v) is 7.95. The van der Waals surface area contributed by atoms with Crippen LogP contribution in [0.15, 0.2) is 18.2 Å². The second kappa shape index (κ2) is 6.50. The van der Waals surface area contributed by atoms with E-state index in [9.17, 15) is 9.90 Å². The third-order valence-corrected chi connectivity index (χ3v) is 4.51. The van der Waals surface area contributed by atoms with Gasteiger partial charge in [-0.1, -0.05) is 52.2 Å². The van der Waals surface area contributed by atoms with Gasteiger partial charge in [-0.2, -0.15) is 0 Å². The van der Waals surface area contributed by atoms with Crippen LogP contribution in [-0.4, -0.2) is 17.7 Å². The molecule has 116 valence electrons. The second-order valence-electron chi connectivity index (χ2n) is 6.62. The molecule has 3 heteroatoms. The predicted octanol–water partition coefficient (Wildman–Crippen LogP) is 4.50. The van der Waals surface area contributed by atoms with Crippen LogP contribution in [0.25, 0.3) is 0 Å². The van der Waals surface area contributed by atoms with Crippen molar-refractivity contribution in [3.63, 3.8) is 0 Å². The van der Waals surface area contributed by atoms with Crippen LogP contribution < -0.4 is 4.74 Å². The van der Waals surface area contributed by atoms with E-state index >= 15 is 0 Å². The first kappa shape index (κ1) is 15.9. The quantitative estimate of drug-likeness (QED) is 0.785. The Morgan fingerprint density at radius 1 is 1.38 bits per heavy atom. The standard InChI is InChI=1S/C18H26O3/c1-4-5-6-7-14(17(19)20)13-8-9-16-15(12-13)18(2,3)10-11-21-16/h8-9,12,14H,4-7,10-11H2,1-3H3,(H,19,20)/t14-/m1/s1. The van der Waals surface area contributed by atoms with Crippen molar-refractivity contribution in [1.82, 2.24) is 0 Å². The van der Waals surface area contributed by atoms with E-state index in [4.69, 9.17) is 4.74 Å². The van der Waals surface area contributed by atoms with Crippen molar-refractivity contribution in [1.29, 1.82) is 0 Å². The summed E-state index contributed by atoms with van der Waals surface area (Å²) in [4.78, 5) is 11.6. The zero-order valence-corrected chi connectivity index (χ0v) is 13.3. The number of ether oxygens (including phenoxy) is 1. The molecule has 1 aromatic rings. The average molecular weight is 290 g/mol. The number of rotatable bonds is 6. The number of unbranched alkanes of at least 4 members (excludes halogenated alkanes) is 2. The number of hydrogen-bond acceptors (Lipinski definition) is 2. The van der Waals surface area contributed by atoms with Crippen LogP contribution in [0.1, 0.15) is 69.9 Å². The summed E-state index contributed by atoms with van der Waals surface area (Å²) < 4.78 is 5.71. The normalized spacial score (nSPS) is 17.7. The maximum Gasteiger partial charge on any atom is 0.310 e. The maximum atomic E-state index is 11.6. The molecule has 0 fully saturated rings. The summed E-state index contributed by atoms with van der Waals surface area (Å²) in [5, 5.41) is 9.53. The molecule has 21 heavy (non-hydrogen) atoms. The highest BCUT2D eigenvalue weighted by molar-refractivity contribution is 5.76. The van der Waals surface area contributed by atoms with E-state index in [2.05, 4.69) is 26.8 Å². The van der Waals surface area contributed by atoms with Gasteiger partial charge in [-0.3, -0.25) is 4.79 Å². The number of carboxylic acids is 1. The largest absolute Gasteiger partial charge is 0.493 e. The Bertz CT molecular complexity index is 505. The van der Waals surface area contributed by atoms with Crippen molar-refractivity contribution in [2.45, 2.75) is 64.2 Å². The van der Waals surface area contributed by atoms with Crippen LogP contribution in [0, 0.1) is 0 Å². The molecule has 0 aliphatic carbocycles. The Morgan fingerprint density at radius 2 is 2.14 bits per heavy atom. The van der Waals surface area contributed by atoms with Crippen LogP contribution in [0.5, 0.6) is 5.75 Å². The Balaban J connectivity index is 2.28. The fraction of sp³-hybridized carbons (Fsp3) is 0.611. The number of benzene rings is 1. The van der Waals surface area contributed by atoms with Crippen LogP contribution in [0.4, 0.5) is 0 Å². The Hall–Kier alpha value is -1.51. The van der Waals surface area contributed by atoms with Gasteiger partial charge in [-0.15, -0.1) is 0 Å². The Kier molecular flexibility index (Phi) is 4.92. The highest BCUT2D eigenvalue weighted by Gasteiger charge is 2.30. The third kappa shape index (κ3) is 3.58. The van der Waals surface area contributed by atoms with Crippen LogP contribution in [0.3, 0.4) is 0 Å². The van der Waals surface area contributed by atoms with Crippen molar-refractivity contribution < 1.29 is 14.6 Å². The topological polar surface area (TPSA) is 46.5 Å². The monoisotopic (exact) mass is 290 g/mol. The average Bonchev–Trinajstić information content (AvgIpc) is 2.43. The fourth-order valence-corrected chi connectivity index (χ4v) is 3.00. The molecule has 1 aliphatic heterocycles. The van der Waals surface area contributed by atoms with Crippen molar-refractivity contribution in [3.8, 4) is 5.75 Å². The van der Waals surface area contributed by atoms with E-state index in [0.29, 0.717) is 6.42 Å². The van der Waals surface area contributed by atoms with Gasteiger partial charge in [-0.25, -0.2) is 0 Å². The molecule has 0 saturated carbocycles. The maximum absolute atomic E-state index is 11.6. The first-order valence-electron chi connectivity index (χ1n) is 7.95. The van der Waals surface area contributed by atoms with E-state index in [-0.39, 0.29) is 5.41 Å². The zero-order chi connectivity index (χ0) is 15.5. The predicted molar refractivity (Wildman–Crippen MR) is 84.1 cm³/mol. The molecule has 0 aromatic heterocycles. The van der Waals surface area contributed by atoms with Crippen molar-refractivity contribution >= 4 is 5.97 Å². The molecule has 0 amide bonds. The van der Waals surface area contributed by atoms with Gasteiger partial charge in [0.05, 0.1) is 12.5 Å².